The molecule has 0 unspecified atom stereocenters. The predicted octanol–water partition coefficient (Wildman–Crippen LogP) is 3.64. The third-order valence-corrected chi connectivity index (χ3v) is 3.20. The Morgan fingerprint density at radius 2 is 1.76 bits per heavy atom. The summed E-state index contributed by atoms with van der Waals surface area (Å²) in [5.41, 5.74) is 1.89. The number of non-ortho nitro benzene ring substituents is 1. The lowest BCUT2D eigenvalue weighted by atomic mass is 10.1. The first-order valence-electron chi connectivity index (χ1n) is 6.43. The van der Waals surface area contributed by atoms with E-state index in [2.05, 4.69) is 10.6 Å². The molecule has 2 N–H and O–H groups in total. The Morgan fingerprint density at radius 1 is 1.14 bits per heavy atom. The molecule has 108 valence electrons. The van der Waals surface area contributed by atoms with Crippen molar-refractivity contribution in [2.45, 2.75) is 13.0 Å². The minimum absolute atomic E-state index is 0.0529. The fourth-order valence-corrected chi connectivity index (χ4v) is 2.15. The highest BCUT2D eigenvalue weighted by molar-refractivity contribution is 7.80. The highest BCUT2D eigenvalue weighted by atomic mass is 32.1. The third kappa shape index (κ3) is 4.25. The van der Waals surface area contributed by atoms with E-state index in [4.69, 9.17) is 12.2 Å². The van der Waals surface area contributed by atoms with Crippen molar-refractivity contribution >= 4 is 28.7 Å². The number of nitrogens with zero attached hydrogens (tertiary/aromatic N) is 1. The van der Waals surface area contributed by atoms with Gasteiger partial charge in [0.15, 0.2) is 5.11 Å². The fourth-order valence-electron chi connectivity index (χ4n) is 1.86. The van der Waals surface area contributed by atoms with Gasteiger partial charge in [0, 0.05) is 17.8 Å². The quantitative estimate of drug-likeness (QED) is 0.512. The van der Waals surface area contributed by atoms with Crippen molar-refractivity contribution in [3.63, 3.8) is 0 Å². The van der Waals surface area contributed by atoms with Crippen LogP contribution in [0.3, 0.4) is 0 Å². The smallest absolute Gasteiger partial charge is 0.269 e. The lowest BCUT2D eigenvalue weighted by molar-refractivity contribution is -0.384. The molecular formula is C15H15N3O2S. The van der Waals surface area contributed by atoms with E-state index in [9.17, 15) is 10.1 Å². The third-order valence-electron chi connectivity index (χ3n) is 2.98. The molecule has 0 spiro atoms. The molecule has 0 amide bonds. The van der Waals surface area contributed by atoms with Crippen molar-refractivity contribution in [3.05, 3.63) is 70.3 Å². The Bertz CT molecular complexity index is 629. The summed E-state index contributed by atoms with van der Waals surface area (Å²) < 4.78 is 0. The molecule has 0 bridgehead atoms. The molecular weight excluding hydrogens is 286 g/mol. The zero-order valence-electron chi connectivity index (χ0n) is 11.4. The number of nitro benzene ring substituents is 1. The second kappa shape index (κ2) is 6.81. The number of rotatable bonds is 4. The molecule has 0 fully saturated rings. The van der Waals surface area contributed by atoms with Crippen LogP contribution >= 0.6 is 12.2 Å². The summed E-state index contributed by atoms with van der Waals surface area (Å²) in [7, 11) is 0. The van der Waals surface area contributed by atoms with Gasteiger partial charge in [-0.1, -0.05) is 30.3 Å². The number of hydrogen-bond donors (Lipinski definition) is 2. The van der Waals surface area contributed by atoms with Gasteiger partial charge in [0.05, 0.1) is 11.0 Å². The van der Waals surface area contributed by atoms with Crippen LogP contribution in [0.5, 0.6) is 0 Å². The van der Waals surface area contributed by atoms with Crippen LogP contribution in [-0.4, -0.2) is 10.0 Å². The summed E-state index contributed by atoms with van der Waals surface area (Å²) in [6, 6.07) is 16.1. The van der Waals surface area contributed by atoms with Gasteiger partial charge < -0.3 is 10.6 Å². The maximum Gasteiger partial charge on any atom is 0.269 e. The first-order valence-corrected chi connectivity index (χ1v) is 6.84. The standard InChI is InChI=1S/C15H15N3O2S/c1-11(12-5-3-2-4-6-12)16-15(21)17-13-7-9-14(10-8-13)18(19)20/h2-11H,1H3,(H2,16,17,21)/t11-/m0/s1. The Labute approximate surface area is 128 Å². The van der Waals surface area contributed by atoms with E-state index in [0.29, 0.717) is 10.8 Å². The number of anilines is 1. The van der Waals surface area contributed by atoms with E-state index in [1.165, 1.54) is 12.1 Å². The Kier molecular flexibility index (Phi) is 4.84. The number of nitrogens with one attached hydrogen (secondary N) is 2. The van der Waals surface area contributed by atoms with Crippen LogP contribution in [0, 0.1) is 10.1 Å². The molecule has 6 heteroatoms. The van der Waals surface area contributed by atoms with E-state index in [1.807, 2.05) is 37.3 Å². The van der Waals surface area contributed by atoms with Gasteiger partial charge in [-0.15, -0.1) is 0 Å². The van der Waals surface area contributed by atoms with Crippen LogP contribution in [0.25, 0.3) is 0 Å². The van der Waals surface area contributed by atoms with Crippen LogP contribution in [0.2, 0.25) is 0 Å². The summed E-state index contributed by atoms with van der Waals surface area (Å²) in [5, 5.41) is 17.2. The van der Waals surface area contributed by atoms with Gasteiger partial charge in [-0.25, -0.2) is 0 Å². The summed E-state index contributed by atoms with van der Waals surface area (Å²) in [5.74, 6) is 0. The van der Waals surface area contributed by atoms with E-state index in [0.717, 1.165) is 5.56 Å². The van der Waals surface area contributed by atoms with Gasteiger partial charge in [-0.2, -0.15) is 0 Å². The number of thiocarbonyl (C=S) groups is 1. The summed E-state index contributed by atoms with van der Waals surface area (Å²) in [4.78, 5) is 10.2. The van der Waals surface area contributed by atoms with E-state index < -0.39 is 4.92 Å². The number of benzene rings is 2. The molecule has 0 aliphatic rings. The van der Waals surface area contributed by atoms with Crippen molar-refractivity contribution in [2.75, 3.05) is 5.32 Å². The average molecular weight is 301 g/mol. The molecule has 0 aromatic heterocycles. The molecule has 1 atom stereocenters. The topological polar surface area (TPSA) is 67.2 Å². The fraction of sp³-hybridized carbons (Fsp3) is 0.133. The second-order valence-electron chi connectivity index (χ2n) is 4.53. The maximum absolute atomic E-state index is 10.6. The van der Waals surface area contributed by atoms with Gasteiger partial charge in [0.1, 0.15) is 0 Å². The zero-order valence-corrected chi connectivity index (χ0v) is 12.3. The highest BCUT2D eigenvalue weighted by Gasteiger charge is 2.08. The maximum atomic E-state index is 10.6. The summed E-state index contributed by atoms with van der Waals surface area (Å²) >= 11 is 5.24. The van der Waals surface area contributed by atoms with Crippen LogP contribution < -0.4 is 10.6 Å². The molecule has 0 saturated heterocycles. The van der Waals surface area contributed by atoms with E-state index >= 15 is 0 Å². The molecule has 2 aromatic rings. The van der Waals surface area contributed by atoms with Crippen LogP contribution in [0.15, 0.2) is 54.6 Å². The summed E-state index contributed by atoms with van der Waals surface area (Å²) in [6.07, 6.45) is 0. The molecule has 0 heterocycles. The zero-order chi connectivity index (χ0) is 15.2. The van der Waals surface area contributed by atoms with Gasteiger partial charge in [0.2, 0.25) is 0 Å². The van der Waals surface area contributed by atoms with Crippen molar-refractivity contribution < 1.29 is 4.92 Å². The molecule has 5 nitrogen and oxygen atoms in total. The normalized spacial score (nSPS) is 11.5. The Balaban J connectivity index is 1.94. The first-order chi connectivity index (χ1) is 10.1. The Morgan fingerprint density at radius 3 is 2.33 bits per heavy atom. The summed E-state index contributed by atoms with van der Waals surface area (Å²) in [6.45, 7) is 2.01. The van der Waals surface area contributed by atoms with Crippen molar-refractivity contribution in [2.24, 2.45) is 0 Å². The van der Waals surface area contributed by atoms with Crippen LogP contribution in [0.1, 0.15) is 18.5 Å². The predicted molar refractivity (Wildman–Crippen MR) is 87.3 cm³/mol. The number of hydrogen-bond acceptors (Lipinski definition) is 3. The molecule has 0 aliphatic carbocycles. The Hall–Kier alpha value is -2.47. The average Bonchev–Trinajstić information content (AvgIpc) is 2.48. The molecule has 2 rings (SSSR count). The van der Waals surface area contributed by atoms with Crippen molar-refractivity contribution in [3.8, 4) is 0 Å². The largest absolute Gasteiger partial charge is 0.356 e. The van der Waals surface area contributed by atoms with Gasteiger partial charge in [-0.3, -0.25) is 10.1 Å². The van der Waals surface area contributed by atoms with Crippen LogP contribution in [-0.2, 0) is 0 Å². The number of nitro groups is 1. The van der Waals surface area contributed by atoms with E-state index in [1.54, 1.807) is 12.1 Å². The minimum Gasteiger partial charge on any atom is -0.356 e. The van der Waals surface area contributed by atoms with E-state index in [-0.39, 0.29) is 11.7 Å². The van der Waals surface area contributed by atoms with Gasteiger partial charge >= 0.3 is 0 Å². The lowest BCUT2D eigenvalue weighted by Crippen LogP contribution is -2.30. The highest BCUT2D eigenvalue weighted by Crippen LogP contribution is 2.16. The van der Waals surface area contributed by atoms with Crippen LogP contribution in [0.4, 0.5) is 11.4 Å². The molecule has 2 aromatic carbocycles. The van der Waals surface area contributed by atoms with Crippen molar-refractivity contribution in [1.82, 2.24) is 5.32 Å². The first kappa shape index (κ1) is 14.9. The molecule has 0 aliphatic heterocycles. The SMILES string of the molecule is C[C@H](NC(=S)Nc1ccc([N+](=O)[O-])cc1)c1ccccc1. The monoisotopic (exact) mass is 301 g/mol. The second-order valence-corrected chi connectivity index (χ2v) is 4.94. The lowest BCUT2D eigenvalue weighted by Gasteiger charge is -2.17. The molecule has 21 heavy (non-hydrogen) atoms. The molecule has 0 saturated carbocycles. The molecule has 0 radical (unpaired) electrons. The van der Waals surface area contributed by atoms with Crippen molar-refractivity contribution in [1.29, 1.82) is 0 Å². The van der Waals surface area contributed by atoms with Gasteiger partial charge in [-0.05, 0) is 36.8 Å². The minimum atomic E-state index is -0.433. The van der Waals surface area contributed by atoms with Gasteiger partial charge in [0.25, 0.3) is 5.69 Å².